The Bertz CT molecular complexity index is 351. The van der Waals surface area contributed by atoms with Gasteiger partial charge >= 0.3 is 6.61 Å². The zero-order valence-electron chi connectivity index (χ0n) is 6.17. The molecule has 0 N–H and O–H groups in total. The molecule has 0 fully saturated rings. The fourth-order valence-electron chi connectivity index (χ4n) is 0.658. The molecule has 0 saturated heterocycles. The summed E-state index contributed by atoms with van der Waals surface area (Å²) < 4.78 is 27.7. The molecule has 1 aromatic heterocycles. The van der Waals surface area contributed by atoms with Crippen LogP contribution in [0, 0.1) is 11.3 Å². The summed E-state index contributed by atoms with van der Waals surface area (Å²) in [5, 5.41) is 8.44. The van der Waals surface area contributed by atoms with Crippen molar-refractivity contribution in [3.05, 3.63) is 22.3 Å². The largest absolute Gasteiger partial charge is 0.416 e. The Morgan fingerprint density at radius 1 is 1.62 bits per heavy atom. The Morgan fingerprint density at radius 3 is 2.77 bits per heavy atom. The van der Waals surface area contributed by atoms with E-state index in [1.165, 1.54) is 6.07 Å². The lowest BCUT2D eigenvalue weighted by molar-refractivity contribution is -0.0534. The number of nitriles is 1. The molecule has 0 aliphatic carbocycles. The molecule has 13 heavy (non-hydrogen) atoms. The van der Waals surface area contributed by atoms with Gasteiger partial charge in [0.15, 0.2) is 0 Å². The molecule has 0 amide bonds. The molecule has 3 nitrogen and oxygen atoms in total. The Labute approximate surface area is 81.1 Å². The molecule has 0 unspecified atom stereocenters. The van der Waals surface area contributed by atoms with Gasteiger partial charge in [0.25, 0.3) is 0 Å². The molecule has 0 aliphatic rings. The molecule has 1 aromatic rings. The molecule has 0 aliphatic heterocycles. The minimum absolute atomic E-state index is 0.228. The molecule has 0 bridgehead atoms. The number of hydrogen-bond acceptors (Lipinski definition) is 3. The van der Waals surface area contributed by atoms with Gasteiger partial charge in [0.2, 0.25) is 5.88 Å². The predicted molar refractivity (Wildman–Crippen MR) is 43.3 cm³/mol. The summed E-state index contributed by atoms with van der Waals surface area (Å²) in [6.45, 7) is -2.92. The molecule has 0 saturated carbocycles. The van der Waals surface area contributed by atoms with E-state index in [1.54, 1.807) is 0 Å². The summed E-state index contributed by atoms with van der Waals surface area (Å²) in [5.74, 6) is -0.228. The molecule has 0 spiro atoms. The van der Waals surface area contributed by atoms with E-state index in [-0.39, 0.29) is 15.9 Å². The van der Waals surface area contributed by atoms with Crippen LogP contribution in [0.1, 0.15) is 5.56 Å². The second-order valence-electron chi connectivity index (χ2n) is 2.00. The zero-order chi connectivity index (χ0) is 9.84. The highest BCUT2D eigenvalue weighted by Crippen LogP contribution is 2.24. The maximum absolute atomic E-state index is 11.7. The number of ether oxygens (including phenoxy) is 1. The van der Waals surface area contributed by atoms with E-state index >= 15 is 0 Å². The topological polar surface area (TPSA) is 45.9 Å². The van der Waals surface area contributed by atoms with Crippen molar-refractivity contribution in [2.24, 2.45) is 0 Å². The number of halogens is 3. The summed E-state index contributed by atoms with van der Waals surface area (Å²) in [6.07, 6.45) is 1.16. The van der Waals surface area contributed by atoms with Crippen molar-refractivity contribution >= 4 is 15.9 Å². The third kappa shape index (κ3) is 2.63. The average molecular weight is 249 g/mol. The highest BCUT2D eigenvalue weighted by atomic mass is 79.9. The van der Waals surface area contributed by atoms with Crippen molar-refractivity contribution in [3.8, 4) is 11.9 Å². The number of hydrogen-bond donors (Lipinski definition) is 0. The maximum atomic E-state index is 11.7. The van der Waals surface area contributed by atoms with Crippen molar-refractivity contribution in [1.82, 2.24) is 4.98 Å². The van der Waals surface area contributed by atoms with Gasteiger partial charge in [0.05, 0.1) is 10.0 Å². The van der Waals surface area contributed by atoms with Gasteiger partial charge in [0, 0.05) is 6.20 Å². The number of rotatable bonds is 2. The summed E-state index contributed by atoms with van der Waals surface area (Å²) in [4.78, 5) is 3.52. The molecule has 1 heterocycles. The highest BCUT2D eigenvalue weighted by Gasteiger charge is 2.09. The van der Waals surface area contributed by atoms with E-state index in [9.17, 15) is 8.78 Å². The van der Waals surface area contributed by atoms with Gasteiger partial charge < -0.3 is 4.74 Å². The standard InChI is InChI=1S/C7H3BrF2N2O/c8-5-1-4(2-11)3-12-6(5)13-7(9)10/h1,3,7H. The van der Waals surface area contributed by atoms with Crippen LogP contribution in [0.4, 0.5) is 8.78 Å². The molecular weight excluding hydrogens is 246 g/mol. The van der Waals surface area contributed by atoms with Gasteiger partial charge in [-0.2, -0.15) is 14.0 Å². The molecule has 6 heteroatoms. The van der Waals surface area contributed by atoms with Crippen LogP contribution in [0.2, 0.25) is 0 Å². The van der Waals surface area contributed by atoms with Crippen molar-refractivity contribution < 1.29 is 13.5 Å². The first kappa shape index (κ1) is 9.86. The van der Waals surface area contributed by atoms with Crippen molar-refractivity contribution in [2.75, 3.05) is 0 Å². The fourth-order valence-corrected chi connectivity index (χ4v) is 1.10. The number of pyridine rings is 1. The third-order valence-corrected chi connectivity index (χ3v) is 1.71. The second-order valence-corrected chi connectivity index (χ2v) is 2.86. The van der Waals surface area contributed by atoms with Crippen LogP contribution in [0.25, 0.3) is 0 Å². The fraction of sp³-hybridized carbons (Fsp3) is 0.143. The van der Waals surface area contributed by atoms with Gasteiger partial charge in [-0.15, -0.1) is 0 Å². The lowest BCUT2D eigenvalue weighted by Crippen LogP contribution is -2.04. The van der Waals surface area contributed by atoms with E-state index in [4.69, 9.17) is 5.26 Å². The average Bonchev–Trinajstić information content (AvgIpc) is 2.08. The van der Waals surface area contributed by atoms with Crippen LogP contribution in [-0.2, 0) is 0 Å². The van der Waals surface area contributed by atoms with E-state index in [1.807, 2.05) is 6.07 Å². The van der Waals surface area contributed by atoms with Crippen molar-refractivity contribution in [2.45, 2.75) is 6.61 Å². The summed E-state index contributed by atoms with van der Waals surface area (Å²) in [7, 11) is 0. The first-order valence-corrected chi connectivity index (χ1v) is 3.93. The lowest BCUT2D eigenvalue weighted by Gasteiger charge is -2.04. The predicted octanol–water partition coefficient (Wildman–Crippen LogP) is 2.32. The van der Waals surface area contributed by atoms with Crippen LogP contribution in [-0.4, -0.2) is 11.6 Å². The van der Waals surface area contributed by atoms with Crippen molar-refractivity contribution in [3.63, 3.8) is 0 Å². The molecule has 0 atom stereocenters. The van der Waals surface area contributed by atoms with E-state index in [0.29, 0.717) is 0 Å². The smallest absolute Gasteiger partial charge is 0.388 e. The van der Waals surface area contributed by atoms with Crippen LogP contribution in [0.15, 0.2) is 16.7 Å². The Hall–Kier alpha value is -1.22. The van der Waals surface area contributed by atoms with Crippen LogP contribution < -0.4 is 4.74 Å². The molecule has 68 valence electrons. The quantitative estimate of drug-likeness (QED) is 0.807. The monoisotopic (exact) mass is 248 g/mol. The molecule has 1 rings (SSSR count). The van der Waals surface area contributed by atoms with Gasteiger partial charge in [-0.05, 0) is 22.0 Å². The first-order valence-electron chi connectivity index (χ1n) is 3.14. The van der Waals surface area contributed by atoms with E-state index in [2.05, 4.69) is 25.7 Å². The van der Waals surface area contributed by atoms with Gasteiger partial charge in [-0.3, -0.25) is 0 Å². The van der Waals surface area contributed by atoms with E-state index < -0.39 is 6.61 Å². The second kappa shape index (κ2) is 4.14. The highest BCUT2D eigenvalue weighted by molar-refractivity contribution is 9.10. The molecule has 0 radical (unpaired) electrons. The van der Waals surface area contributed by atoms with E-state index in [0.717, 1.165) is 6.20 Å². The normalized spacial score (nSPS) is 9.77. The van der Waals surface area contributed by atoms with Crippen LogP contribution in [0.5, 0.6) is 5.88 Å². The first-order chi connectivity index (χ1) is 6.13. The van der Waals surface area contributed by atoms with Gasteiger partial charge in [-0.25, -0.2) is 4.98 Å². The SMILES string of the molecule is N#Cc1cnc(OC(F)F)c(Br)c1. The minimum atomic E-state index is -2.92. The Kier molecular flexibility index (Phi) is 3.14. The Morgan fingerprint density at radius 2 is 2.31 bits per heavy atom. The van der Waals surface area contributed by atoms with Crippen LogP contribution in [0.3, 0.4) is 0 Å². The van der Waals surface area contributed by atoms with Gasteiger partial charge in [-0.1, -0.05) is 0 Å². The summed E-state index contributed by atoms with van der Waals surface area (Å²) >= 11 is 2.94. The minimum Gasteiger partial charge on any atom is -0.416 e. The zero-order valence-corrected chi connectivity index (χ0v) is 7.75. The number of aromatic nitrogens is 1. The molecule has 0 aromatic carbocycles. The summed E-state index contributed by atoms with van der Waals surface area (Å²) in [6, 6.07) is 3.16. The lowest BCUT2D eigenvalue weighted by atomic mass is 10.3. The molecular formula is C7H3BrF2N2O. The van der Waals surface area contributed by atoms with Crippen molar-refractivity contribution in [1.29, 1.82) is 5.26 Å². The van der Waals surface area contributed by atoms with Gasteiger partial charge in [0.1, 0.15) is 6.07 Å². The Balaban J connectivity index is 2.93. The number of alkyl halides is 2. The maximum Gasteiger partial charge on any atom is 0.388 e. The third-order valence-electron chi connectivity index (χ3n) is 1.14. The van der Waals surface area contributed by atoms with Crippen LogP contribution >= 0.6 is 15.9 Å². The number of nitrogens with zero attached hydrogens (tertiary/aromatic N) is 2. The summed E-state index contributed by atoms with van der Waals surface area (Å²) in [5.41, 5.74) is 0.272.